The van der Waals surface area contributed by atoms with Gasteiger partial charge in [0.15, 0.2) is 0 Å². The lowest BCUT2D eigenvalue weighted by atomic mass is 9.97. The molecule has 6 rings (SSSR count). The second-order valence-electron chi connectivity index (χ2n) is 26.9. The molecule has 0 radical (unpaired) electrons. The second-order valence-corrected chi connectivity index (χ2v) is 26.9. The molecule has 4 aliphatic heterocycles. The Balaban J connectivity index is 1.40. The zero-order valence-corrected chi connectivity index (χ0v) is 56.0. The highest BCUT2D eigenvalue weighted by atomic mass is 16.3. The van der Waals surface area contributed by atoms with Gasteiger partial charge in [-0.1, -0.05) is 109 Å². The van der Waals surface area contributed by atoms with Gasteiger partial charge >= 0.3 is 0 Å². The van der Waals surface area contributed by atoms with Crippen LogP contribution in [0.5, 0.6) is 0 Å². The number of likely N-dealkylation sites (N-methyl/N-ethyl adjacent to an activating group) is 4. The van der Waals surface area contributed by atoms with Crippen LogP contribution in [-0.2, 0) is 70.4 Å². The number of nitrogens with zero attached hydrogens (tertiary/aromatic N) is 7. The third-order valence-electron chi connectivity index (χ3n) is 18.2. The average Bonchev–Trinajstić information content (AvgIpc) is 1.31. The molecule has 12 amide bonds. The monoisotopic (exact) mass is 1280 g/mol. The third-order valence-corrected chi connectivity index (χ3v) is 18.2. The van der Waals surface area contributed by atoms with Crippen molar-refractivity contribution in [2.45, 2.75) is 193 Å². The van der Waals surface area contributed by atoms with E-state index in [0.29, 0.717) is 37.1 Å². The van der Waals surface area contributed by atoms with Gasteiger partial charge < -0.3 is 66.0 Å². The molecule has 25 nitrogen and oxygen atoms in total. The molecule has 4 heterocycles. The highest BCUT2D eigenvalue weighted by Crippen LogP contribution is 2.27. The van der Waals surface area contributed by atoms with Crippen LogP contribution in [0.25, 0.3) is 0 Å². The van der Waals surface area contributed by atoms with Crippen LogP contribution in [0.4, 0.5) is 0 Å². The molecule has 12 atom stereocenters. The first kappa shape index (κ1) is 73.1. The fraction of sp³-hybridized carbons (Fsp3) is 0.642. The number of aliphatic hydroxyl groups is 1. The average molecular weight is 1280 g/mol. The SMILES string of the molecule is CC(C)CC1NC(=O)[C@H](CC(C)C)N(C)C(=O)[C@H](Cc2ccccc2)NC(=O)[C@H](C)N(C)C(=O)C[C@@H](C(=O)N2CCCCC2)NC(=O)[C@H](Cc2ccccc2)NC(=O)[C@@H]2CCN2C(=O)[C@H]([C@@H](C)O)NC(=O)[C@H](CC(C)C)N(C)C(=O)CN2C[C@H](C)[C@@H](C2=O)N(C)C1=O. The number of likely N-dealkylation sites (tertiary alicyclic amines) is 1. The Hall–Kier alpha value is -7.96. The number of fused-ring (bicyclic) bond motifs is 3. The first-order chi connectivity index (χ1) is 43.4. The summed E-state index contributed by atoms with van der Waals surface area (Å²) < 4.78 is 0. The summed E-state index contributed by atoms with van der Waals surface area (Å²) in [4.78, 5) is 184. The quantitative estimate of drug-likeness (QED) is 0.175. The van der Waals surface area contributed by atoms with E-state index in [1.54, 1.807) is 72.5 Å². The maximum atomic E-state index is 15.1. The van der Waals surface area contributed by atoms with Crippen LogP contribution < -0.4 is 26.6 Å². The van der Waals surface area contributed by atoms with Crippen LogP contribution in [0.3, 0.4) is 0 Å². The highest BCUT2D eigenvalue weighted by Gasteiger charge is 2.47. The first-order valence-electron chi connectivity index (χ1n) is 32.6. The molecule has 0 saturated carbocycles. The molecule has 2 bridgehead atoms. The van der Waals surface area contributed by atoms with Gasteiger partial charge in [-0.2, -0.15) is 0 Å². The number of hydrogen-bond acceptors (Lipinski definition) is 13. The Labute approximate surface area is 541 Å². The minimum Gasteiger partial charge on any atom is -0.391 e. The van der Waals surface area contributed by atoms with Crippen LogP contribution in [0.2, 0.25) is 0 Å². The predicted molar refractivity (Wildman–Crippen MR) is 343 cm³/mol. The van der Waals surface area contributed by atoms with Crippen molar-refractivity contribution in [3.8, 4) is 0 Å². The van der Waals surface area contributed by atoms with E-state index in [0.717, 1.165) is 11.3 Å². The van der Waals surface area contributed by atoms with Crippen molar-refractivity contribution in [3.05, 3.63) is 71.8 Å². The number of aliphatic hydroxyl groups excluding tert-OH is 1. The van der Waals surface area contributed by atoms with Gasteiger partial charge in [-0.25, -0.2) is 0 Å². The van der Waals surface area contributed by atoms with Crippen LogP contribution in [-0.4, -0.2) is 238 Å². The van der Waals surface area contributed by atoms with Crippen molar-refractivity contribution in [3.63, 3.8) is 0 Å². The summed E-state index contributed by atoms with van der Waals surface area (Å²) in [6.45, 7) is 16.0. The molecule has 0 aliphatic carbocycles. The molecule has 6 N–H and O–H groups in total. The van der Waals surface area contributed by atoms with Gasteiger partial charge in [0.05, 0.1) is 19.1 Å². The number of piperidine rings is 1. The van der Waals surface area contributed by atoms with Gasteiger partial charge in [0.2, 0.25) is 70.9 Å². The molecule has 92 heavy (non-hydrogen) atoms. The molecular weight excluding hydrogens is 1180 g/mol. The summed E-state index contributed by atoms with van der Waals surface area (Å²) in [5.74, 6) is -9.30. The number of rotatable bonds is 12. The molecule has 0 aromatic heterocycles. The van der Waals surface area contributed by atoms with Crippen molar-refractivity contribution in [1.82, 2.24) is 60.9 Å². The lowest BCUT2D eigenvalue weighted by Gasteiger charge is -2.42. The van der Waals surface area contributed by atoms with E-state index in [4.69, 9.17) is 0 Å². The summed E-state index contributed by atoms with van der Waals surface area (Å²) in [6.07, 6.45) is 0.471. The Morgan fingerprint density at radius 1 is 0.522 bits per heavy atom. The number of carbonyl (C=O) groups excluding carboxylic acids is 12. The topological polar surface area (TPSA) is 308 Å². The predicted octanol–water partition coefficient (Wildman–Crippen LogP) is 1.24. The fourth-order valence-electron chi connectivity index (χ4n) is 12.6. The molecule has 4 saturated heterocycles. The van der Waals surface area contributed by atoms with E-state index < -0.39 is 156 Å². The molecule has 4 fully saturated rings. The lowest BCUT2D eigenvalue weighted by molar-refractivity contribution is -0.153. The Kier molecular flexibility index (Phi) is 26.3. The number of amides is 12. The van der Waals surface area contributed by atoms with Gasteiger partial charge in [0, 0.05) is 73.1 Å². The normalized spacial score (nSPS) is 27.7. The second kappa shape index (κ2) is 33.1. The highest BCUT2D eigenvalue weighted by molar-refractivity contribution is 6.00. The summed E-state index contributed by atoms with van der Waals surface area (Å²) in [6, 6.07) is 4.75. The standard InChI is InChI=1S/C67H100N12O13/c1-39(2)31-48-64(89)76(13)57-42(7)37-78(67(57)92)38-55(82)74(11)52(32-40(3)4)62(87)72-56(44(9)80)66(91)79-30-27-51(79)60(85)68-47(34-45-23-17-14-18-24-45)59(84)70-50(65(90)77-28-21-16-22-29-77)36-54(81)73(10)43(8)58(83)69-49(35-46-25-19-15-20-26-46)63(88)75(12)53(33-41(5)6)61(86)71-48/h14-15,17-20,23-26,39-44,47-53,56-57,80H,16,21-22,27-38H2,1-13H3,(H,68,85)(H,69,83)(H,70,84)(H,71,86)(H,72,87)/t42-,43-,44+,47-,48?,49-,50-,51-,52-,53-,56-,57-/m0/s1. The molecule has 4 aliphatic rings. The maximum Gasteiger partial charge on any atom is 0.248 e. The molecule has 25 heteroatoms. The van der Waals surface area contributed by atoms with Crippen LogP contribution in [0, 0.1) is 23.7 Å². The van der Waals surface area contributed by atoms with Crippen LogP contribution in [0.1, 0.15) is 125 Å². The number of nitrogens with one attached hydrogen (secondary N) is 5. The van der Waals surface area contributed by atoms with E-state index in [2.05, 4.69) is 26.6 Å². The lowest BCUT2D eigenvalue weighted by Crippen LogP contribution is -2.66. The molecule has 0 spiro atoms. The van der Waals surface area contributed by atoms with E-state index in [1.165, 1.54) is 66.5 Å². The van der Waals surface area contributed by atoms with Crippen molar-refractivity contribution >= 4 is 70.9 Å². The summed E-state index contributed by atoms with van der Waals surface area (Å²) in [5, 5.41) is 25.1. The van der Waals surface area contributed by atoms with Crippen molar-refractivity contribution < 1.29 is 62.6 Å². The fourth-order valence-corrected chi connectivity index (χ4v) is 12.6. The van der Waals surface area contributed by atoms with Crippen LogP contribution in [0.15, 0.2) is 60.7 Å². The molecule has 2 aromatic carbocycles. The number of carbonyl (C=O) groups is 12. The molecule has 506 valence electrons. The third kappa shape index (κ3) is 18.9. The smallest absolute Gasteiger partial charge is 0.248 e. The molecular formula is C67H100N12O13. The van der Waals surface area contributed by atoms with Crippen molar-refractivity contribution in [1.29, 1.82) is 0 Å². The molecule has 2 aromatic rings. The zero-order chi connectivity index (χ0) is 68.0. The number of benzene rings is 2. The maximum absolute atomic E-state index is 15.1. The van der Waals surface area contributed by atoms with E-state index in [-0.39, 0.29) is 69.4 Å². The van der Waals surface area contributed by atoms with Gasteiger partial charge in [-0.05, 0) is 87.7 Å². The Morgan fingerprint density at radius 2 is 1.03 bits per heavy atom. The van der Waals surface area contributed by atoms with Crippen molar-refractivity contribution in [2.24, 2.45) is 23.7 Å². The first-order valence-corrected chi connectivity index (χ1v) is 32.6. The van der Waals surface area contributed by atoms with Crippen LogP contribution >= 0.6 is 0 Å². The minimum absolute atomic E-state index is 0.0354. The number of hydrogen-bond donors (Lipinski definition) is 6. The summed E-state index contributed by atoms with van der Waals surface area (Å²) >= 11 is 0. The Bertz CT molecular complexity index is 2960. The van der Waals surface area contributed by atoms with Gasteiger partial charge in [0.25, 0.3) is 0 Å². The minimum atomic E-state index is -1.60. The molecule has 1 unspecified atom stereocenters. The van der Waals surface area contributed by atoms with Crippen molar-refractivity contribution in [2.75, 3.05) is 60.9 Å². The van der Waals surface area contributed by atoms with E-state index >= 15 is 4.79 Å². The Morgan fingerprint density at radius 3 is 1.57 bits per heavy atom. The summed E-state index contributed by atoms with van der Waals surface area (Å²) in [5.41, 5.74) is 1.28. The zero-order valence-electron chi connectivity index (χ0n) is 56.0. The van der Waals surface area contributed by atoms with E-state index in [1.807, 2.05) is 41.5 Å². The van der Waals surface area contributed by atoms with Gasteiger partial charge in [0.1, 0.15) is 60.4 Å². The largest absolute Gasteiger partial charge is 0.391 e. The van der Waals surface area contributed by atoms with Gasteiger partial charge in [-0.15, -0.1) is 0 Å². The van der Waals surface area contributed by atoms with E-state index in [9.17, 15) is 57.8 Å². The summed E-state index contributed by atoms with van der Waals surface area (Å²) in [7, 11) is 5.67. The van der Waals surface area contributed by atoms with Gasteiger partial charge in [-0.3, -0.25) is 57.5 Å².